The van der Waals surface area contributed by atoms with E-state index in [1.165, 1.54) is 10.9 Å². The molecule has 6 nitrogen and oxygen atoms in total. The van der Waals surface area contributed by atoms with Crippen LogP contribution in [0, 0.1) is 0 Å². The molecule has 29 heavy (non-hydrogen) atoms. The second kappa shape index (κ2) is 7.59. The van der Waals surface area contributed by atoms with Gasteiger partial charge < -0.3 is 19.4 Å². The van der Waals surface area contributed by atoms with E-state index in [4.69, 9.17) is 21.1 Å². The Balaban J connectivity index is 1.24. The number of pyridine rings is 1. The van der Waals surface area contributed by atoms with Gasteiger partial charge in [0.05, 0.1) is 11.4 Å². The first-order valence-electron chi connectivity index (χ1n) is 9.97. The molecular weight excluding hydrogens is 390 g/mol. The largest absolute Gasteiger partial charge is 0.486 e. The summed E-state index contributed by atoms with van der Waals surface area (Å²) in [4.78, 5) is 22.4. The molecular formula is C22H22ClN3O3. The predicted molar refractivity (Wildman–Crippen MR) is 111 cm³/mol. The van der Waals surface area contributed by atoms with Crippen molar-refractivity contribution in [3.63, 3.8) is 0 Å². The van der Waals surface area contributed by atoms with Crippen molar-refractivity contribution in [2.75, 3.05) is 26.3 Å². The van der Waals surface area contributed by atoms with Crippen molar-refractivity contribution in [2.24, 2.45) is 0 Å². The Morgan fingerprint density at radius 3 is 2.93 bits per heavy atom. The fourth-order valence-corrected chi connectivity index (χ4v) is 4.60. The number of hydrogen-bond donors (Lipinski definition) is 1. The topological polar surface area (TPSA) is 67.5 Å². The summed E-state index contributed by atoms with van der Waals surface area (Å²) >= 11 is 6.30. The summed E-state index contributed by atoms with van der Waals surface area (Å²) in [6.45, 7) is 2.51. The van der Waals surface area contributed by atoms with Crippen LogP contribution in [0.2, 0.25) is 5.02 Å². The number of fused-ring (bicyclic) bond motifs is 2. The number of ether oxygens (including phenoxy) is 2. The van der Waals surface area contributed by atoms with Crippen LogP contribution < -0.4 is 9.47 Å². The van der Waals surface area contributed by atoms with Gasteiger partial charge in [0.2, 0.25) is 5.91 Å². The van der Waals surface area contributed by atoms with Crippen LogP contribution in [0.5, 0.6) is 11.5 Å². The lowest BCUT2D eigenvalue weighted by molar-refractivity contribution is -0.131. The van der Waals surface area contributed by atoms with Crippen molar-refractivity contribution in [1.82, 2.24) is 14.9 Å². The molecule has 7 heteroatoms. The van der Waals surface area contributed by atoms with Crippen LogP contribution in [0.25, 0.3) is 11.0 Å². The van der Waals surface area contributed by atoms with Gasteiger partial charge in [0, 0.05) is 30.9 Å². The predicted octanol–water partition coefficient (Wildman–Crippen LogP) is 3.94. The van der Waals surface area contributed by atoms with E-state index in [2.05, 4.69) is 22.2 Å². The van der Waals surface area contributed by atoms with Crippen LogP contribution in [0.1, 0.15) is 29.9 Å². The lowest BCUT2D eigenvalue weighted by Gasteiger charge is -2.32. The zero-order valence-electron chi connectivity index (χ0n) is 16.0. The summed E-state index contributed by atoms with van der Waals surface area (Å²) in [6.07, 6.45) is 6.09. The Morgan fingerprint density at radius 1 is 1.24 bits per heavy atom. The van der Waals surface area contributed by atoms with Crippen LogP contribution in [-0.4, -0.2) is 47.1 Å². The zero-order valence-corrected chi connectivity index (χ0v) is 16.7. The highest BCUT2D eigenvalue weighted by atomic mass is 35.5. The molecule has 2 aromatic heterocycles. The number of nitrogens with zero attached hydrogens (tertiary/aromatic N) is 2. The van der Waals surface area contributed by atoms with E-state index in [0.29, 0.717) is 42.1 Å². The Kier molecular flexibility index (Phi) is 4.79. The maximum atomic E-state index is 12.8. The molecule has 5 rings (SSSR count). The van der Waals surface area contributed by atoms with E-state index in [-0.39, 0.29) is 5.91 Å². The molecule has 2 aliphatic heterocycles. The lowest BCUT2D eigenvalue weighted by Crippen LogP contribution is -2.38. The van der Waals surface area contributed by atoms with Gasteiger partial charge in [0.15, 0.2) is 11.5 Å². The summed E-state index contributed by atoms with van der Waals surface area (Å²) in [7, 11) is 0. The second-order valence-corrected chi connectivity index (χ2v) is 7.98. The number of hydrogen-bond acceptors (Lipinski definition) is 4. The summed E-state index contributed by atoms with van der Waals surface area (Å²) in [6, 6.07) is 7.75. The molecule has 0 bridgehead atoms. The molecule has 0 spiro atoms. The van der Waals surface area contributed by atoms with Gasteiger partial charge in [0.1, 0.15) is 18.9 Å². The number of halogens is 1. The molecule has 3 aromatic rings. The number of likely N-dealkylation sites (tertiary alicyclic amines) is 1. The first-order chi connectivity index (χ1) is 14.2. The number of aromatic amines is 1. The zero-order chi connectivity index (χ0) is 19.8. The maximum absolute atomic E-state index is 12.8. The van der Waals surface area contributed by atoms with E-state index in [0.717, 1.165) is 37.1 Å². The average molecular weight is 412 g/mol. The van der Waals surface area contributed by atoms with E-state index in [1.807, 2.05) is 17.0 Å². The van der Waals surface area contributed by atoms with Crippen molar-refractivity contribution < 1.29 is 14.3 Å². The Hall–Kier alpha value is -2.73. The average Bonchev–Trinajstić information content (AvgIpc) is 3.18. The molecule has 1 fully saturated rings. The van der Waals surface area contributed by atoms with Crippen LogP contribution in [0.3, 0.4) is 0 Å². The second-order valence-electron chi connectivity index (χ2n) is 7.58. The number of carbonyl (C=O) groups is 1. The van der Waals surface area contributed by atoms with Crippen molar-refractivity contribution in [1.29, 1.82) is 0 Å². The van der Waals surface area contributed by atoms with Crippen LogP contribution in [0.4, 0.5) is 0 Å². The van der Waals surface area contributed by atoms with Crippen LogP contribution in [0.15, 0.2) is 36.7 Å². The molecule has 1 aromatic carbocycles. The summed E-state index contributed by atoms with van der Waals surface area (Å²) in [5.41, 5.74) is 3.09. The van der Waals surface area contributed by atoms with Gasteiger partial charge in [-0.25, -0.2) is 4.98 Å². The van der Waals surface area contributed by atoms with E-state index >= 15 is 0 Å². The molecule has 0 saturated carbocycles. The minimum Gasteiger partial charge on any atom is -0.486 e. The molecule has 1 saturated heterocycles. The molecule has 0 radical (unpaired) electrons. The number of H-pyrrole nitrogens is 1. The highest BCUT2D eigenvalue weighted by Gasteiger charge is 2.26. The first-order valence-corrected chi connectivity index (χ1v) is 10.3. The van der Waals surface area contributed by atoms with E-state index in [1.54, 1.807) is 12.3 Å². The number of amides is 1. The normalized spacial score (nSPS) is 16.9. The molecule has 1 N–H and O–H groups in total. The van der Waals surface area contributed by atoms with Crippen molar-refractivity contribution in [3.05, 3.63) is 52.8 Å². The van der Waals surface area contributed by atoms with Crippen molar-refractivity contribution in [2.45, 2.75) is 25.2 Å². The fourth-order valence-electron chi connectivity index (χ4n) is 4.31. The van der Waals surface area contributed by atoms with E-state index < -0.39 is 0 Å². The number of benzene rings is 1. The maximum Gasteiger partial charge on any atom is 0.226 e. The Bertz CT molecular complexity index is 1060. The number of piperidine rings is 1. The van der Waals surface area contributed by atoms with Gasteiger partial charge in [-0.3, -0.25) is 4.79 Å². The third kappa shape index (κ3) is 3.53. The highest BCUT2D eigenvalue weighted by Crippen LogP contribution is 2.39. The van der Waals surface area contributed by atoms with Gasteiger partial charge in [-0.1, -0.05) is 11.6 Å². The number of aromatic nitrogens is 2. The van der Waals surface area contributed by atoms with Crippen LogP contribution in [-0.2, 0) is 11.2 Å². The van der Waals surface area contributed by atoms with Gasteiger partial charge >= 0.3 is 0 Å². The SMILES string of the molecule is O=C(Cc1cc(Cl)c2c(c1)OCCO2)N1CCC(c2c[nH]c3ncccc23)CC1. The number of nitrogens with one attached hydrogen (secondary N) is 1. The summed E-state index contributed by atoms with van der Waals surface area (Å²) in [5, 5.41) is 1.68. The molecule has 1 amide bonds. The molecule has 4 heterocycles. The van der Waals surface area contributed by atoms with Gasteiger partial charge in [-0.15, -0.1) is 0 Å². The summed E-state index contributed by atoms with van der Waals surface area (Å²) in [5.74, 6) is 1.76. The molecule has 0 unspecified atom stereocenters. The lowest BCUT2D eigenvalue weighted by atomic mass is 9.89. The third-order valence-electron chi connectivity index (χ3n) is 5.78. The van der Waals surface area contributed by atoms with Gasteiger partial charge in [0.25, 0.3) is 0 Å². The van der Waals surface area contributed by atoms with Gasteiger partial charge in [-0.2, -0.15) is 0 Å². The Morgan fingerprint density at radius 2 is 2.07 bits per heavy atom. The fraction of sp³-hybridized carbons (Fsp3) is 0.364. The standard InChI is InChI=1S/C22H22ClN3O3/c23-18-10-14(11-19-21(18)29-9-8-28-19)12-20(27)26-6-3-15(4-7-26)17-13-25-22-16(17)2-1-5-24-22/h1-2,5,10-11,13,15H,3-4,6-9,12H2,(H,24,25). The first kappa shape index (κ1) is 18.3. The molecule has 0 aliphatic carbocycles. The van der Waals surface area contributed by atoms with E-state index in [9.17, 15) is 4.79 Å². The quantitative estimate of drug-likeness (QED) is 0.709. The summed E-state index contributed by atoms with van der Waals surface area (Å²) < 4.78 is 11.2. The molecule has 150 valence electrons. The Labute approximate surface area is 173 Å². The minimum atomic E-state index is 0.122. The van der Waals surface area contributed by atoms with Crippen LogP contribution >= 0.6 is 11.6 Å². The number of carbonyl (C=O) groups excluding carboxylic acids is 1. The van der Waals surface area contributed by atoms with Crippen molar-refractivity contribution in [3.8, 4) is 11.5 Å². The monoisotopic (exact) mass is 411 g/mol. The number of rotatable bonds is 3. The molecule has 2 aliphatic rings. The molecule has 0 atom stereocenters. The highest BCUT2D eigenvalue weighted by molar-refractivity contribution is 6.32. The minimum absolute atomic E-state index is 0.122. The van der Waals surface area contributed by atoms with Crippen molar-refractivity contribution >= 4 is 28.5 Å². The third-order valence-corrected chi connectivity index (χ3v) is 6.06. The van der Waals surface area contributed by atoms with Gasteiger partial charge in [-0.05, 0) is 54.2 Å². The smallest absolute Gasteiger partial charge is 0.226 e.